The SMILES string of the molecule is C[C@@H](OC(=O)c1csc(-c2cccs2)n1)C(=O)NCCC1=CCCCC1. The van der Waals surface area contributed by atoms with Gasteiger partial charge in [-0.1, -0.05) is 17.7 Å². The van der Waals surface area contributed by atoms with Crippen molar-refractivity contribution in [1.29, 1.82) is 0 Å². The number of hydrogen-bond acceptors (Lipinski definition) is 6. The molecule has 0 saturated heterocycles. The number of esters is 1. The third-order valence-corrected chi connectivity index (χ3v) is 6.11. The fraction of sp³-hybridized carbons (Fsp3) is 0.421. The molecule has 2 aromatic rings. The number of amides is 1. The predicted octanol–water partition coefficient (Wildman–Crippen LogP) is 4.42. The number of nitrogens with zero attached hydrogens (tertiary/aromatic N) is 1. The van der Waals surface area contributed by atoms with Gasteiger partial charge in [-0.25, -0.2) is 9.78 Å². The van der Waals surface area contributed by atoms with Crippen molar-refractivity contribution in [3.05, 3.63) is 40.2 Å². The van der Waals surface area contributed by atoms with E-state index < -0.39 is 12.1 Å². The molecule has 0 bridgehead atoms. The Morgan fingerprint density at radius 2 is 2.23 bits per heavy atom. The Morgan fingerprint density at radius 1 is 1.35 bits per heavy atom. The number of nitrogens with one attached hydrogen (secondary N) is 1. The summed E-state index contributed by atoms with van der Waals surface area (Å²) in [6.07, 6.45) is 7.04. The Labute approximate surface area is 161 Å². The van der Waals surface area contributed by atoms with Gasteiger partial charge in [0.15, 0.2) is 11.8 Å². The van der Waals surface area contributed by atoms with E-state index in [0.717, 1.165) is 29.1 Å². The first kappa shape index (κ1) is 18.8. The maximum absolute atomic E-state index is 12.2. The van der Waals surface area contributed by atoms with Crippen LogP contribution in [-0.2, 0) is 9.53 Å². The first-order valence-electron chi connectivity index (χ1n) is 8.79. The molecule has 5 nitrogen and oxygen atoms in total. The maximum atomic E-state index is 12.2. The molecule has 1 aliphatic carbocycles. The topological polar surface area (TPSA) is 68.3 Å². The number of aromatic nitrogens is 1. The highest BCUT2D eigenvalue weighted by atomic mass is 32.1. The van der Waals surface area contributed by atoms with Crippen molar-refractivity contribution in [2.45, 2.75) is 45.1 Å². The van der Waals surface area contributed by atoms with Crippen LogP contribution in [0.1, 0.15) is 49.5 Å². The van der Waals surface area contributed by atoms with Crippen molar-refractivity contribution >= 4 is 34.6 Å². The zero-order chi connectivity index (χ0) is 18.4. The van der Waals surface area contributed by atoms with Gasteiger partial charge < -0.3 is 10.1 Å². The molecule has 0 fully saturated rings. The molecule has 1 amide bonds. The van der Waals surface area contributed by atoms with Crippen LogP contribution in [0.25, 0.3) is 9.88 Å². The highest BCUT2D eigenvalue weighted by molar-refractivity contribution is 7.20. The van der Waals surface area contributed by atoms with Crippen LogP contribution in [-0.4, -0.2) is 29.5 Å². The van der Waals surface area contributed by atoms with Crippen LogP contribution >= 0.6 is 22.7 Å². The Kier molecular flexibility index (Phi) is 6.57. The summed E-state index contributed by atoms with van der Waals surface area (Å²) < 4.78 is 5.25. The van der Waals surface area contributed by atoms with Gasteiger partial charge in [-0.15, -0.1) is 22.7 Å². The molecular formula is C19H22N2O3S2. The van der Waals surface area contributed by atoms with Crippen molar-refractivity contribution in [3.63, 3.8) is 0 Å². The molecule has 0 saturated carbocycles. The number of ether oxygens (including phenoxy) is 1. The van der Waals surface area contributed by atoms with Crippen LogP contribution in [0.4, 0.5) is 0 Å². The van der Waals surface area contributed by atoms with Gasteiger partial charge in [-0.05, 0) is 50.5 Å². The van der Waals surface area contributed by atoms with Gasteiger partial charge in [0.25, 0.3) is 5.91 Å². The van der Waals surface area contributed by atoms with E-state index in [4.69, 9.17) is 4.74 Å². The number of allylic oxidation sites excluding steroid dienone is 1. The summed E-state index contributed by atoms with van der Waals surface area (Å²) in [7, 11) is 0. The van der Waals surface area contributed by atoms with Crippen molar-refractivity contribution in [2.24, 2.45) is 0 Å². The van der Waals surface area contributed by atoms with E-state index in [9.17, 15) is 9.59 Å². The van der Waals surface area contributed by atoms with Crippen LogP contribution in [0.5, 0.6) is 0 Å². The molecule has 0 unspecified atom stereocenters. The van der Waals surface area contributed by atoms with Gasteiger partial charge in [-0.2, -0.15) is 0 Å². The smallest absolute Gasteiger partial charge is 0.358 e. The summed E-state index contributed by atoms with van der Waals surface area (Å²) in [4.78, 5) is 29.6. The molecule has 1 aliphatic rings. The van der Waals surface area contributed by atoms with Crippen LogP contribution in [0.3, 0.4) is 0 Å². The minimum absolute atomic E-state index is 0.241. The van der Waals surface area contributed by atoms with Gasteiger partial charge in [0.05, 0.1) is 4.88 Å². The van der Waals surface area contributed by atoms with E-state index in [1.807, 2.05) is 17.5 Å². The van der Waals surface area contributed by atoms with Gasteiger partial charge in [0.1, 0.15) is 5.01 Å². The number of thiazole rings is 1. The largest absolute Gasteiger partial charge is 0.448 e. The number of rotatable bonds is 7. The molecule has 138 valence electrons. The van der Waals surface area contributed by atoms with Crippen LogP contribution in [0.2, 0.25) is 0 Å². The molecular weight excluding hydrogens is 368 g/mol. The molecule has 0 radical (unpaired) electrons. The Balaban J connectivity index is 1.46. The highest BCUT2D eigenvalue weighted by Crippen LogP contribution is 2.28. The summed E-state index contributed by atoms with van der Waals surface area (Å²) in [5.74, 6) is -0.842. The first-order valence-corrected chi connectivity index (χ1v) is 10.6. The van der Waals surface area contributed by atoms with E-state index >= 15 is 0 Å². The molecule has 0 spiro atoms. The van der Waals surface area contributed by atoms with Crippen molar-refractivity contribution in [1.82, 2.24) is 10.3 Å². The lowest BCUT2D eigenvalue weighted by Gasteiger charge is -2.15. The highest BCUT2D eigenvalue weighted by Gasteiger charge is 2.21. The molecule has 2 aromatic heterocycles. The van der Waals surface area contributed by atoms with Crippen LogP contribution in [0, 0.1) is 0 Å². The average molecular weight is 391 g/mol. The number of carbonyl (C=O) groups excluding carboxylic acids is 2. The first-order chi connectivity index (χ1) is 12.6. The fourth-order valence-electron chi connectivity index (χ4n) is 2.78. The third-order valence-electron chi connectivity index (χ3n) is 4.23. The Bertz CT molecular complexity index is 781. The lowest BCUT2D eigenvalue weighted by atomic mass is 9.97. The molecule has 0 aliphatic heterocycles. The second-order valence-corrected chi connectivity index (χ2v) is 8.02. The normalized spacial score (nSPS) is 15.2. The van der Waals surface area contributed by atoms with E-state index in [0.29, 0.717) is 6.54 Å². The van der Waals surface area contributed by atoms with Crippen molar-refractivity contribution in [3.8, 4) is 9.88 Å². The molecule has 1 atom stereocenters. The van der Waals surface area contributed by atoms with Crippen molar-refractivity contribution < 1.29 is 14.3 Å². The zero-order valence-electron chi connectivity index (χ0n) is 14.7. The summed E-state index contributed by atoms with van der Waals surface area (Å²) in [5.41, 5.74) is 1.65. The molecule has 0 aromatic carbocycles. The zero-order valence-corrected chi connectivity index (χ0v) is 16.3. The third kappa shape index (κ3) is 5.02. The quantitative estimate of drug-likeness (QED) is 0.561. The van der Waals surface area contributed by atoms with E-state index in [1.54, 1.807) is 23.6 Å². The van der Waals surface area contributed by atoms with Gasteiger partial charge >= 0.3 is 5.97 Å². The van der Waals surface area contributed by atoms with Crippen LogP contribution in [0.15, 0.2) is 34.5 Å². The van der Waals surface area contributed by atoms with E-state index in [2.05, 4.69) is 16.4 Å². The van der Waals surface area contributed by atoms with Gasteiger partial charge in [0, 0.05) is 11.9 Å². The number of hydrogen-bond donors (Lipinski definition) is 1. The summed E-state index contributed by atoms with van der Waals surface area (Å²) in [5, 5.41) is 7.25. The molecule has 3 rings (SSSR count). The maximum Gasteiger partial charge on any atom is 0.358 e. The lowest BCUT2D eigenvalue weighted by Crippen LogP contribution is -2.36. The second-order valence-electron chi connectivity index (χ2n) is 6.21. The monoisotopic (exact) mass is 390 g/mol. The second kappa shape index (κ2) is 9.09. The fourth-order valence-corrected chi connectivity index (χ4v) is 4.38. The summed E-state index contributed by atoms with van der Waals surface area (Å²) in [6, 6.07) is 3.89. The van der Waals surface area contributed by atoms with Gasteiger partial charge in [-0.3, -0.25) is 4.79 Å². The number of carbonyl (C=O) groups is 2. The summed E-state index contributed by atoms with van der Waals surface area (Å²) >= 11 is 2.96. The molecule has 1 N–H and O–H groups in total. The summed E-state index contributed by atoms with van der Waals surface area (Å²) in [6.45, 7) is 2.16. The average Bonchev–Trinajstić information content (AvgIpc) is 3.34. The lowest BCUT2D eigenvalue weighted by molar-refractivity contribution is -0.129. The van der Waals surface area contributed by atoms with Crippen molar-refractivity contribution in [2.75, 3.05) is 6.54 Å². The molecule has 2 heterocycles. The minimum Gasteiger partial charge on any atom is -0.448 e. The predicted molar refractivity (Wildman–Crippen MR) is 104 cm³/mol. The Morgan fingerprint density at radius 3 is 2.96 bits per heavy atom. The van der Waals surface area contributed by atoms with Crippen LogP contribution < -0.4 is 5.32 Å². The molecule has 7 heteroatoms. The van der Waals surface area contributed by atoms with E-state index in [1.165, 1.54) is 29.8 Å². The molecule has 26 heavy (non-hydrogen) atoms. The van der Waals surface area contributed by atoms with E-state index in [-0.39, 0.29) is 11.6 Å². The minimum atomic E-state index is -0.838. The number of thiophene rings is 1. The standard InChI is InChI=1S/C19H22N2O3S2/c1-13(17(22)20-10-9-14-6-3-2-4-7-14)24-19(23)15-12-26-18(21-15)16-8-5-11-25-16/h5-6,8,11-13H,2-4,7,9-10H2,1H3,(H,20,22)/t13-/m1/s1. The Hall–Kier alpha value is -1.99. The van der Waals surface area contributed by atoms with Gasteiger partial charge in [0.2, 0.25) is 0 Å².